The third kappa shape index (κ3) is 3.98. The van der Waals surface area contributed by atoms with Gasteiger partial charge in [0, 0.05) is 18.3 Å². The molecule has 1 fully saturated rings. The third-order valence-corrected chi connectivity index (χ3v) is 3.33. The lowest BCUT2D eigenvalue weighted by atomic mass is 10.1. The van der Waals surface area contributed by atoms with Crippen molar-refractivity contribution in [1.29, 1.82) is 0 Å². The van der Waals surface area contributed by atoms with E-state index < -0.39 is 5.97 Å². The van der Waals surface area contributed by atoms with Crippen LogP contribution in [-0.2, 0) is 20.7 Å². The van der Waals surface area contributed by atoms with Crippen molar-refractivity contribution in [1.82, 2.24) is 4.90 Å². The molecule has 1 aromatic carbocycles. The summed E-state index contributed by atoms with van der Waals surface area (Å²) >= 11 is 0. The Morgan fingerprint density at radius 3 is 2.50 bits per heavy atom. The van der Waals surface area contributed by atoms with E-state index in [0.29, 0.717) is 18.3 Å². The standard InChI is InChI=1S/C15H20N2O3/c1-2-17(13-7-8-13)14(18)10-20-15(19)9-11-3-5-12(16)6-4-11/h3-6,13H,2,7-10,16H2,1H3. The quantitative estimate of drug-likeness (QED) is 0.629. The number of hydrogen-bond acceptors (Lipinski definition) is 4. The fourth-order valence-corrected chi connectivity index (χ4v) is 2.10. The summed E-state index contributed by atoms with van der Waals surface area (Å²) in [5, 5.41) is 0. The van der Waals surface area contributed by atoms with Crippen molar-refractivity contribution in [2.45, 2.75) is 32.2 Å². The highest BCUT2D eigenvalue weighted by Gasteiger charge is 2.31. The first-order valence-corrected chi connectivity index (χ1v) is 6.89. The van der Waals surface area contributed by atoms with Crippen molar-refractivity contribution in [3.05, 3.63) is 29.8 Å². The Bertz CT molecular complexity index is 480. The molecule has 0 bridgehead atoms. The fourth-order valence-electron chi connectivity index (χ4n) is 2.10. The zero-order chi connectivity index (χ0) is 14.5. The molecule has 1 amide bonds. The molecular formula is C15H20N2O3. The molecule has 2 rings (SSSR count). The number of rotatable bonds is 6. The van der Waals surface area contributed by atoms with Gasteiger partial charge in [0.15, 0.2) is 6.61 Å². The first kappa shape index (κ1) is 14.4. The second-order valence-corrected chi connectivity index (χ2v) is 4.99. The molecule has 0 aromatic heterocycles. The van der Waals surface area contributed by atoms with Crippen LogP contribution in [0.25, 0.3) is 0 Å². The molecule has 1 aliphatic rings. The molecule has 0 radical (unpaired) electrons. The molecule has 0 aliphatic heterocycles. The van der Waals surface area contributed by atoms with E-state index in [1.807, 2.05) is 6.92 Å². The molecule has 0 saturated heterocycles. The number of nitrogen functional groups attached to an aromatic ring is 1. The summed E-state index contributed by atoms with van der Waals surface area (Å²) in [6.45, 7) is 2.43. The number of carbonyl (C=O) groups excluding carboxylic acids is 2. The number of nitrogens with zero attached hydrogens (tertiary/aromatic N) is 1. The minimum atomic E-state index is -0.394. The van der Waals surface area contributed by atoms with Crippen LogP contribution in [0.4, 0.5) is 5.69 Å². The van der Waals surface area contributed by atoms with Crippen LogP contribution < -0.4 is 5.73 Å². The molecule has 5 nitrogen and oxygen atoms in total. The van der Waals surface area contributed by atoms with E-state index in [2.05, 4.69) is 0 Å². The van der Waals surface area contributed by atoms with Crippen molar-refractivity contribution < 1.29 is 14.3 Å². The molecule has 5 heteroatoms. The van der Waals surface area contributed by atoms with Gasteiger partial charge in [0.1, 0.15) is 0 Å². The van der Waals surface area contributed by atoms with Crippen LogP contribution in [0.1, 0.15) is 25.3 Å². The van der Waals surface area contributed by atoms with Gasteiger partial charge in [-0.25, -0.2) is 0 Å². The largest absolute Gasteiger partial charge is 0.455 e. The average Bonchev–Trinajstić information content (AvgIpc) is 3.25. The van der Waals surface area contributed by atoms with Gasteiger partial charge in [-0.3, -0.25) is 9.59 Å². The maximum atomic E-state index is 11.9. The minimum Gasteiger partial charge on any atom is -0.455 e. The lowest BCUT2D eigenvalue weighted by Crippen LogP contribution is -2.36. The molecule has 0 unspecified atom stereocenters. The smallest absolute Gasteiger partial charge is 0.310 e. The van der Waals surface area contributed by atoms with Crippen LogP contribution in [0.15, 0.2) is 24.3 Å². The van der Waals surface area contributed by atoms with Gasteiger partial charge in [0.25, 0.3) is 5.91 Å². The molecular weight excluding hydrogens is 256 g/mol. The molecule has 1 saturated carbocycles. The number of hydrogen-bond donors (Lipinski definition) is 1. The number of benzene rings is 1. The number of ether oxygens (including phenoxy) is 1. The highest BCUT2D eigenvalue weighted by atomic mass is 16.5. The van der Waals surface area contributed by atoms with Gasteiger partial charge in [-0.05, 0) is 37.5 Å². The van der Waals surface area contributed by atoms with Gasteiger partial charge in [0.05, 0.1) is 6.42 Å². The van der Waals surface area contributed by atoms with Crippen LogP contribution in [0, 0.1) is 0 Å². The SMILES string of the molecule is CCN(C(=O)COC(=O)Cc1ccc(N)cc1)C1CC1. The van der Waals surface area contributed by atoms with Crippen LogP contribution in [-0.4, -0.2) is 36.0 Å². The lowest BCUT2D eigenvalue weighted by Gasteiger charge is -2.19. The number of amides is 1. The highest BCUT2D eigenvalue weighted by Crippen LogP contribution is 2.26. The maximum Gasteiger partial charge on any atom is 0.310 e. The summed E-state index contributed by atoms with van der Waals surface area (Å²) in [4.78, 5) is 25.3. The summed E-state index contributed by atoms with van der Waals surface area (Å²) in [7, 11) is 0. The molecule has 1 aliphatic carbocycles. The molecule has 0 heterocycles. The molecule has 0 atom stereocenters. The predicted molar refractivity (Wildman–Crippen MR) is 75.9 cm³/mol. The fraction of sp³-hybridized carbons (Fsp3) is 0.467. The summed E-state index contributed by atoms with van der Waals surface area (Å²) in [5.41, 5.74) is 7.05. The molecule has 108 valence electrons. The van der Waals surface area contributed by atoms with Gasteiger partial charge >= 0.3 is 5.97 Å². The van der Waals surface area contributed by atoms with Crippen molar-refractivity contribution in [2.75, 3.05) is 18.9 Å². The summed E-state index contributed by atoms with van der Waals surface area (Å²) in [6.07, 6.45) is 2.26. The topological polar surface area (TPSA) is 72.6 Å². The monoisotopic (exact) mass is 276 g/mol. The highest BCUT2D eigenvalue weighted by molar-refractivity contribution is 5.81. The van der Waals surface area contributed by atoms with Crippen molar-refractivity contribution in [3.63, 3.8) is 0 Å². The third-order valence-electron chi connectivity index (χ3n) is 3.33. The zero-order valence-corrected chi connectivity index (χ0v) is 11.7. The Labute approximate surface area is 118 Å². The van der Waals surface area contributed by atoms with Crippen molar-refractivity contribution in [2.24, 2.45) is 0 Å². The van der Waals surface area contributed by atoms with E-state index in [1.165, 1.54) is 0 Å². The minimum absolute atomic E-state index is 0.111. The first-order valence-electron chi connectivity index (χ1n) is 6.89. The second kappa shape index (κ2) is 6.41. The Hall–Kier alpha value is -2.04. The van der Waals surface area contributed by atoms with E-state index in [9.17, 15) is 9.59 Å². The van der Waals surface area contributed by atoms with E-state index in [-0.39, 0.29) is 18.9 Å². The van der Waals surface area contributed by atoms with Gasteiger partial charge in [0.2, 0.25) is 0 Å². The number of carbonyl (C=O) groups is 2. The van der Waals surface area contributed by atoms with E-state index in [0.717, 1.165) is 18.4 Å². The Kier molecular flexibility index (Phi) is 4.61. The maximum absolute atomic E-state index is 11.9. The molecule has 20 heavy (non-hydrogen) atoms. The average molecular weight is 276 g/mol. The Morgan fingerprint density at radius 1 is 1.30 bits per heavy atom. The number of esters is 1. The Balaban J connectivity index is 1.77. The number of anilines is 1. The first-order chi connectivity index (χ1) is 9.60. The normalized spacial score (nSPS) is 13.8. The Morgan fingerprint density at radius 2 is 1.95 bits per heavy atom. The van der Waals surface area contributed by atoms with Crippen molar-refractivity contribution in [3.8, 4) is 0 Å². The van der Waals surface area contributed by atoms with E-state index in [1.54, 1.807) is 29.2 Å². The molecule has 2 N–H and O–H groups in total. The lowest BCUT2D eigenvalue weighted by molar-refractivity contribution is -0.151. The predicted octanol–water partition coefficient (Wildman–Crippen LogP) is 1.37. The van der Waals surface area contributed by atoms with Crippen LogP contribution >= 0.6 is 0 Å². The van der Waals surface area contributed by atoms with Crippen molar-refractivity contribution >= 4 is 17.6 Å². The molecule has 0 spiro atoms. The van der Waals surface area contributed by atoms with Crippen LogP contribution in [0.3, 0.4) is 0 Å². The van der Waals surface area contributed by atoms with E-state index in [4.69, 9.17) is 10.5 Å². The van der Waals surface area contributed by atoms with E-state index >= 15 is 0 Å². The number of nitrogens with two attached hydrogens (primary N) is 1. The second-order valence-electron chi connectivity index (χ2n) is 4.99. The van der Waals surface area contributed by atoms with Crippen LogP contribution in [0.2, 0.25) is 0 Å². The summed E-state index contributed by atoms with van der Waals surface area (Å²) < 4.78 is 5.04. The van der Waals surface area contributed by atoms with Gasteiger partial charge in [-0.2, -0.15) is 0 Å². The molecule has 1 aromatic rings. The van der Waals surface area contributed by atoms with Gasteiger partial charge in [-0.15, -0.1) is 0 Å². The zero-order valence-electron chi connectivity index (χ0n) is 11.7. The number of likely N-dealkylation sites (N-methyl/N-ethyl adjacent to an activating group) is 1. The van der Waals surface area contributed by atoms with Gasteiger partial charge in [-0.1, -0.05) is 12.1 Å². The summed E-state index contributed by atoms with van der Waals surface area (Å²) in [6, 6.07) is 7.38. The van der Waals surface area contributed by atoms with Crippen LogP contribution in [0.5, 0.6) is 0 Å². The summed E-state index contributed by atoms with van der Waals surface area (Å²) in [5.74, 6) is -0.504. The van der Waals surface area contributed by atoms with Gasteiger partial charge < -0.3 is 15.4 Å².